The number of nitriles is 1. The van der Waals surface area contributed by atoms with Gasteiger partial charge in [-0.15, -0.1) is 0 Å². The molecule has 0 atom stereocenters. The minimum Gasteiger partial charge on any atom is -0.344 e. The lowest BCUT2D eigenvalue weighted by Crippen LogP contribution is -2.17. The van der Waals surface area contributed by atoms with E-state index in [4.69, 9.17) is 5.26 Å². The highest BCUT2D eigenvalue weighted by atomic mass is 19.1. The van der Waals surface area contributed by atoms with Crippen molar-refractivity contribution < 1.29 is 13.6 Å². The average molecular weight is 261 g/mol. The van der Waals surface area contributed by atoms with Crippen molar-refractivity contribution in [1.29, 1.82) is 5.26 Å². The van der Waals surface area contributed by atoms with Gasteiger partial charge >= 0.3 is 0 Å². The van der Waals surface area contributed by atoms with Crippen LogP contribution < -0.4 is 5.32 Å². The van der Waals surface area contributed by atoms with Gasteiger partial charge in [-0.05, 0) is 24.3 Å². The van der Waals surface area contributed by atoms with E-state index < -0.39 is 17.5 Å². The molecule has 0 bridgehead atoms. The Morgan fingerprint density at radius 2 is 2.05 bits per heavy atom. The molecule has 2 aromatic rings. The molecule has 19 heavy (non-hydrogen) atoms. The van der Waals surface area contributed by atoms with Crippen molar-refractivity contribution in [2.75, 3.05) is 5.32 Å². The molecule has 6 heteroatoms. The number of carbonyl (C=O) groups is 1. The number of aryl methyl sites for hydroxylation is 1. The Balaban J connectivity index is 2.28. The third-order valence-corrected chi connectivity index (χ3v) is 2.58. The highest BCUT2D eigenvalue weighted by molar-refractivity contribution is 6.03. The van der Waals surface area contributed by atoms with E-state index in [1.165, 1.54) is 36.0 Å². The molecule has 0 aliphatic rings. The van der Waals surface area contributed by atoms with E-state index in [-0.39, 0.29) is 16.9 Å². The van der Waals surface area contributed by atoms with Gasteiger partial charge in [-0.25, -0.2) is 8.78 Å². The summed E-state index contributed by atoms with van der Waals surface area (Å²) in [6.45, 7) is 0. The van der Waals surface area contributed by atoms with Gasteiger partial charge in [0.15, 0.2) is 5.82 Å². The van der Waals surface area contributed by atoms with Crippen LogP contribution in [0.3, 0.4) is 0 Å². The minimum atomic E-state index is -0.675. The standard InChI is InChI=1S/C13H9F2N3O/c1-18-5-4-11(15)12(18)13(19)17-9-2-3-10(14)8(6-9)7-16/h2-6H,1H3,(H,17,19). The van der Waals surface area contributed by atoms with Crippen LogP contribution in [0.15, 0.2) is 30.5 Å². The summed E-state index contributed by atoms with van der Waals surface area (Å²) >= 11 is 0. The van der Waals surface area contributed by atoms with Crippen molar-refractivity contribution in [3.8, 4) is 6.07 Å². The predicted octanol–water partition coefficient (Wildman–Crippen LogP) is 2.43. The number of nitrogens with zero attached hydrogens (tertiary/aromatic N) is 2. The van der Waals surface area contributed by atoms with Gasteiger partial charge in [0, 0.05) is 18.9 Å². The highest BCUT2D eigenvalue weighted by Gasteiger charge is 2.16. The van der Waals surface area contributed by atoms with Crippen molar-refractivity contribution >= 4 is 11.6 Å². The van der Waals surface area contributed by atoms with E-state index in [0.717, 1.165) is 6.07 Å². The zero-order valence-electron chi connectivity index (χ0n) is 9.95. The fourth-order valence-electron chi connectivity index (χ4n) is 1.65. The molecule has 1 aromatic carbocycles. The first-order valence-electron chi connectivity index (χ1n) is 5.34. The Morgan fingerprint density at radius 3 is 2.63 bits per heavy atom. The molecule has 0 aliphatic heterocycles. The zero-order chi connectivity index (χ0) is 14.0. The monoisotopic (exact) mass is 261 g/mol. The number of halogens is 2. The molecule has 1 N–H and O–H groups in total. The Hall–Kier alpha value is -2.68. The molecule has 1 aromatic heterocycles. The second-order valence-corrected chi connectivity index (χ2v) is 3.88. The van der Waals surface area contributed by atoms with Crippen LogP contribution >= 0.6 is 0 Å². The lowest BCUT2D eigenvalue weighted by molar-refractivity contribution is 0.101. The summed E-state index contributed by atoms with van der Waals surface area (Å²) < 4.78 is 27.8. The number of aromatic nitrogens is 1. The van der Waals surface area contributed by atoms with Gasteiger partial charge in [-0.1, -0.05) is 0 Å². The van der Waals surface area contributed by atoms with Crippen LogP contribution in [0, 0.1) is 23.0 Å². The van der Waals surface area contributed by atoms with E-state index in [0.29, 0.717) is 0 Å². The van der Waals surface area contributed by atoms with E-state index in [1.54, 1.807) is 6.07 Å². The first-order valence-corrected chi connectivity index (χ1v) is 5.34. The van der Waals surface area contributed by atoms with Gasteiger partial charge in [0.25, 0.3) is 5.91 Å². The Kier molecular flexibility index (Phi) is 3.29. The molecule has 2 rings (SSSR count). The van der Waals surface area contributed by atoms with Gasteiger partial charge in [-0.2, -0.15) is 5.26 Å². The fraction of sp³-hybridized carbons (Fsp3) is 0.0769. The van der Waals surface area contributed by atoms with Crippen LogP contribution in [-0.4, -0.2) is 10.5 Å². The number of hydrogen-bond acceptors (Lipinski definition) is 2. The Bertz CT molecular complexity index is 666. The largest absolute Gasteiger partial charge is 0.344 e. The fourth-order valence-corrected chi connectivity index (χ4v) is 1.65. The van der Waals surface area contributed by atoms with Crippen LogP contribution in [0.2, 0.25) is 0 Å². The molecule has 0 unspecified atom stereocenters. The molecule has 1 heterocycles. The Labute approximate surface area is 107 Å². The van der Waals surface area contributed by atoms with Crippen molar-refractivity contribution in [2.24, 2.45) is 7.05 Å². The summed E-state index contributed by atoms with van der Waals surface area (Å²) in [5.74, 6) is -1.99. The molecule has 0 radical (unpaired) electrons. The van der Waals surface area contributed by atoms with Crippen LogP contribution in [0.5, 0.6) is 0 Å². The van der Waals surface area contributed by atoms with Crippen LogP contribution in [0.4, 0.5) is 14.5 Å². The van der Waals surface area contributed by atoms with Gasteiger partial charge < -0.3 is 9.88 Å². The van der Waals surface area contributed by atoms with Crippen molar-refractivity contribution in [3.63, 3.8) is 0 Å². The highest BCUT2D eigenvalue weighted by Crippen LogP contribution is 2.16. The maximum atomic E-state index is 13.4. The minimum absolute atomic E-state index is 0.136. The second kappa shape index (κ2) is 4.90. The summed E-state index contributed by atoms with van der Waals surface area (Å²) in [6, 6.07) is 6.38. The molecule has 4 nitrogen and oxygen atoms in total. The van der Waals surface area contributed by atoms with Gasteiger partial charge in [-0.3, -0.25) is 4.79 Å². The van der Waals surface area contributed by atoms with Gasteiger partial charge in [0.05, 0.1) is 5.56 Å². The number of nitrogens with one attached hydrogen (secondary N) is 1. The number of rotatable bonds is 2. The molecule has 0 saturated heterocycles. The normalized spacial score (nSPS) is 10.0. The third kappa shape index (κ3) is 2.45. The molecule has 96 valence electrons. The van der Waals surface area contributed by atoms with E-state index in [1.807, 2.05) is 0 Å². The maximum absolute atomic E-state index is 13.4. The van der Waals surface area contributed by atoms with E-state index in [9.17, 15) is 13.6 Å². The second-order valence-electron chi connectivity index (χ2n) is 3.88. The number of carbonyl (C=O) groups excluding carboxylic acids is 1. The maximum Gasteiger partial charge on any atom is 0.275 e. The predicted molar refractivity (Wildman–Crippen MR) is 64.4 cm³/mol. The third-order valence-electron chi connectivity index (χ3n) is 2.58. The molecule has 0 spiro atoms. The number of amides is 1. The topological polar surface area (TPSA) is 57.8 Å². The van der Waals surface area contributed by atoms with Crippen LogP contribution in [0.25, 0.3) is 0 Å². The van der Waals surface area contributed by atoms with E-state index >= 15 is 0 Å². The lowest BCUT2D eigenvalue weighted by atomic mass is 10.2. The first kappa shape index (κ1) is 12.8. The van der Waals surface area contributed by atoms with Crippen LogP contribution in [-0.2, 0) is 7.05 Å². The van der Waals surface area contributed by atoms with Crippen LogP contribution in [0.1, 0.15) is 16.1 Å². The van der Waals surface area contributed by atoms with Crippen molar-refractivity contribution in [3.05, 3.63) is 53.4 Å². The molecular weight excluding hydrogens is 252 g/mol. The number of hydrogen-bond donors (Lipinski definition) is 1. The quantitative estimate of drug-likeness (QED) is 0.902. The average Bonchev–Trinajstić information content (AvgIpc) is 2.71. The summed E-state index contributed by atoms with van der Waals surface area (Å²) in [5.41, 5.74) is -0.100. The Morgan fingerprint density at radius 1 is 1.32 bits per heavy atom. The molecule has 0 fully saturated rings. The summed E-state index contributed by atoms with van der Waals surface area (Å²) in [4.78, 5) is 11.9. The number of benzene rings is 1. The first-order chi connectivity index (χ1) is 9.02. The lowest BCUT2D eigenvalue weighted by Gasteiger charge is -2.07. The van der Waals surface area contributed by atoms with Gasteiger partial charge in [0.2, 0.25) is 0 Å². The summed E-state index contributed by atoms with van der Waals surface area (Å²) in [5, 5.41) is 11.1. The van der Waals surface area contributed by atoms with Crippen molar-refractivity contribution in [2.45, 2.75) is 0 Å². The number of anilines is 1. The summed E-state index contributed by atoms with van der Waals surface area (Å²) in [6.07, 6.45) is 1.41. The van der Waals surface area contributed by atoms with Crippen molar-refractivity contribution in [1.82, 2.24) is 4.57 Å². The molecule has 0 aliphatic carbocycles. The molecule has 1 amide bonds. The van der Waals surface area contributed by atoms with Gasteiger partial charge in [0.1, 0.15) is 17.6 Å². The zero-order valence-corrected chi connectivity index (χ0v) is 9.95. The smallest absolute Gasteiger partial charge is 0.275 e. The molecular formula is C13H9F2N3O. The molecule has 0 saturated carbocycles. The SMILES string of the molecule is Cn1ccc(F)c1C(=O)Nc1ccc(F)c(C#N)c1. The van der Waals surface area contributed by atoms with E-state index in [2.05, 4.69) is 5.32 Å². The summed E-state index contributed by atoms with van der Waals surface area (Å²) in [7, 11) is 1.53.